The second-order valence-electron chi connectivity index (χ2n) is 5.84. The van der Waals surface area contributed by atoms with E-state index in [0.29, 0.717) is 5.41 Å². The molecule has 1 aliphatic rings. The van der Waals surface area contributed by atoms with Gasteiger partial charge in [0.05, 0.1) is 7.11 Å². The van der Waals surface area contributed by atoms with Crippen LogP contribution in [0.1, 0.15) is 33.6 Å². The van der Waals surface area contributed by atoms with E-state index in [1.54, 1.807) is 13.4 Å². The van der Waals surface area contributed by atoms with Crippen LogP contribution in [0.15, 0.2) is 6.33 Å². The fourth-order valence-corrected chi connectivity index (χ4v) is 2.44. The number of aromatic nitrogens is 2. The van der Waals surface area contributed by atoms with E-state index in [1.807, 2.05) is 0 Å². The Kier molecular flexibility index (Phi) is 4.12. The predicted octanol–water partition coefficient (Wildman–Crippen LogP) is 2.54. The molecule has 1 saturated heterocycles. The Labute approximate surface area is 115 Å². The highest BCUT2D eigenvalue weighted by molar-refractivity contribution is 5.65. The molecule has 0 unspecified atom stereocenters. The smallest absolute Gasteiger partial charge is 0.204 e. The van der Waals surface area contributed by atoms with Gasteiger partial charge in [0.25, 0.3) is 0 Å². The Bertz CT molecular complexity index is 433. The first kappa shape index (κ1) is 13.9. The zero-order valence-corrected chi connectivity index (χ0v) is 12.4. The third kappa shape index (κ3) is 3.08. The number of ether oxygens (including phenoxy) is 1. The highest BCUT2D eigenvalue weighted by atomic mass is 16.5. The van der Waals surface area contributed by atoms with Gasteiger partial charge in [0.2, 0.25) is 5.75 Å². The van der Waals surface area contributed by atoms with Crippen LogP contribution in [0.4, 0.5) is 11.6 Å². The SMILES string of the molecule is CCCNc1ncnc(N2CCC(C)(C)C2)c1OC. The first-order chi connectivity index (χ1) is 9.07. The molecule has 19 heavy (non-hydrogen) atoms. The van der Waals surface area contributed by atoms with Crippen LogP contribution in [0, 0.1) is 5.41 Å². The molecule has 1 aromatic rings. The van der Waals surface area contributed by atoms with Gasteiger partial charge in [0.15, 0.2) is 11.6 Å². The van der Waals surface area contributed by atoms with Crippen LogP contribution in [0.25, 0.3) is 0 Å². The van der Waals surface area contributed by atoms with Crippen molar-refractivity contribution in [1.82, 2.24) is 9.97 Å². The molecule has 5 heteroatoms. The fraction of sp³-hybridized carbons (Fsp3) is 0.714. The van der Waals surface area contributed by atoms with Crippen molar-refractivity contribution in [2.24, 2.45) is 5.41 Å². The van der Waals surface area contributed by atoms with Crippen LogP contribution in [-0.4, -0.2) is 36.7 Å². The maximum atomic E-state index is 5.52. The minimum atomic E-state index is 0.340. The summed E-state index contributed by atoms with van der Waals surface area (Å²) >= 11 is 0. The van der Waals surface area contributed by atoms with Crippen molar-refractivity contribution in [3.8, 4) is 5.75 Å². The summed E-state index contributed by atoms with van der Waals surface area (Å²) in [6.45, 7) is 9.62. The van der Waals surface area contributed by atoms with Gasteiger partial charge in [-0.3, -0.25) is 0 Å². The van der Waals surface area contributed by atoms with E-state index in [-0.39, 0.29) is 0 Å². The lowest BCUT2D eigenvalue weighted by molar-refractivity contribution is 0.407. The van der Waals surface area contributed by atoms with Gasteiger partial charge in [-0.15, -0.1) is 0 Å². The molecule has 0 amide bonds. The number of hydrogen-bond donors (Lipinski definition) is 1. The lowest BCUT2D eigenvalue weighted by Gasteiger charge is -2.23. The number of nitrogens with one attached hydrogen (secondary N) is 1. The van der Waals surface area contributed by atoms with Crippen molar-refractivity contribution in [3.63, 3.8) is 0 Å². The van der Waals surface area contributed by atoms with Gasteiger partial charge in [0.1, 0.15) is 6.33 Å². The second-order valence-corrected chi connectivity index (χ2v) is 5.84. The third-order valence-electron chi connectivity index (χ3n) is 3.51. The van der Waals surface area contributed by atoms with Crippen LogP contribution in [-0.2, 0) is 0 Å². The average Bonchev–Trinajstić information content (AvgIpc) is 2.76. The number of hydrogen-bond acceptors (Lipinski definition) is 5. The Morgan fingerprint density at radius 2 is 2.21 bits per heavy atom. The molecule has 106 valence electrons. The molecule has 0 aromatic carbocycles. The quantitative estimate of drug-likeness (QED) is 0.885. The summed E-state index contributed by atoms with van der Waals surface area (Å²) in [6, 6.07) is 0. The monoisotopic (exact) mass is 264 g/mol. The molecule has 1 aromatic heterocycles. The van der Waals surface area contributed by atoms with Gasteiger partial charge in [-0.2, -0.15) is 0 Å². The van der Waals surface area contributed by atoms with Crippen LogP contribution in [0.2, 0.25) is 0 Å². The lowest BCUT2D eigenvalue weighted by Crippen LogP contribution is -2.24. The maximum absolute atomic E-state index is 5.52. The first-order valence-corrected chi connectivity index (χ1v) is 6.95. The Hall–Kier alpha value is -1.52. The van der Waals surface area contributed by atoms with Crippen molar-refractivity contribution in [1.29, 1.82) is 0 Å². The minimum Gasteiger partial charge on any atom is -0.490 e. The van der Waals surface area contributed by atoms with E-state index < -0.39 is 0 Å². The molecule has 1 aliphatic heterocycles. The maximum Gasteiger partial charge on any atom is 0.204 e. The highest BCUT2D eigenvalue weighted by Crippen LogP contribution is 2.38. The van der Waals surface area contributed by atoms with Gasteiger partial charge in [-0.25, -0.2) is 9.97 Å². The summed E-state index contributed by atoms with van der Waals surface area (Å²) in [5.41, 5.74) is 0.340. The zero-order valence-electron chi connectivity index (χ0n) is 12.4. The molecule has 1 fully saturated rings. The second kappa shape index (κ2) is 5.63. The standard InChI is InChI=1S/C14H24N4O/c1-5-7-15-12-11(19-4)13(17-10-16-12)18-8-6-14(2,3)9-18/h10H,5-9H2,1-4H3,(H,15,16,17). The summed E-state index contributed by atoms with van der Waals surface area (Å²) in [7, 11) is 1.68. The number of nitrogens with zero attached hydrogens (tertiary/aromatic N) is 3. The molecular weight excluding hydrogens is 240 g/mol. The summed E-state index contributed by atoms with van der Waals surface area (Å²) in [5.74, 6) is 2.45. The van der Waals surface area contributed by atoms with Gasteiger partial charge in [0, 0.05) is 19.6 Å². The molecule has 0 spiro atoms. The van der Waals surface area contributed by atoms with E-state index in [4.69, 9.17) is 4.74 Å². The van der Waals surface area contributed by atoms with Crippen molar-refractivity contribution < 1.29 is 4.74 Å². The molecule has 0 radical (unpaired) electrons. The average molecular weight is 264 g/mol. The first-order valence-electron chi connectivity index (χ1n) is 6.95. The topological polar surface area (TPSA) is 50.3 Å². The molecule has 2 heterocycles. The highest BCUT2D eigenvalue weighted by Gasteiger charge is 2.32. The number of anilines is 2. The normalized spacial score (nSPS) is 17.6. The lowest BCUT2D eigenvalue weighted by atomic mass is 9.93. The van der Waals surface area contributed by atoms with Crippen LogP contribution in [0.3, 0.4) is 0 Å². The van der Waals surface area contributed by atoms with Gasteiger partial charge >= 0.3 is 0 Å². The minimum absolute atomic E-state index is 0.340. The van der Waals surface area contributed by atoms with E-state index in [2.05, 4.69) is 41.0 Å². The molecule has 0 bridgehead atoms. The molecule has 0 atom stereocenters. The molecule has 0 saturated carbocycles. The molecular formula is C14H24N4O. The van der Waals surface area contributed by atoms with Gasteiger partial charge in [-0.05, 0) is 18.3 Å². The largest absolute Gasteiger partial charge is 0.490 e. The fourth-order valence-electron chi connectivity index (χ4n) is 2.44. The van der Waals surface area contributed by atoms with Crippen LogP contribution < -0.4 is 15.0 Å². The van der Waals surface area contributed by atoms with E-state index >= 15 is 0 Å². The predicted molar refractivity (Wildman–Crippen MR) is 78.0 cm³/mol. The molecule has 0 aliphatic carbocycles. The Balaban J connectivity index is 2.25. The summed E-state index contributed by atoms with van der Waals surface area (Å²) in [5, 5.41) is 3.30. The summed E-state index contributed by atoms with van der Waals surface area (Å²) in [4.78, 5) is 11.0. The number of rotatable bonds is 5. The van der Waals surface area contributed by atoms with Crippen molar-refractivity contribution in [3.05, 3.63) is 6.33 Å². The van der Waals surface area contributed by atoms with Crippen LogP contribution in [0.5, 0.6) is 5.75 Å². The zero-order chi connectivity index (χ0) is 13.9. The van der Waals surface area contributed by atoms with E-state index in [0.717, 1.165) is 43.4 Å². The third-order valence-corrected chi connectivity index (χ3v) is 3.51. The van der Waals surface area contributed by atoms with Crippen molar-refractivity contribution in [2.75, 3.05) is 37.0 Å². The Morgan fingerprint density at radius 1 is 1.42 bits per heavy atom. The molecule has 5 nitrogen and oxygen atoms in total. The van der Waals surface area contributed by atoms with E-state index in [1.165, 1.54) is 6.42 Å². The molecule has 1 N–H and O–H groups in total. The van der Waals surface area contributed by atoms with Crippen molar-refractivity contribution in [2.45, 2.75) is 33.6 Å². The summed E-state index contributed by atoms with van der Waals surface area (Å²) < 4.78 is 5.52. The number of methoxy groups -OCH3 is 1. The van der Waals surface area contributed by atoms with Gasteiger partial charge < -0.3 is 15.0 Å². The van der Waals surface area contributed by atoms with Crippen molar-refractivity contribution >= 4 is 11.6 Å². The van der Waals surface area contributed by atoms with Crippen LogP contribution >= 0.6 is 0 Å². The van der Waals surface area contributed by atoms with E-state index in [9.17, 15) is 0 Å². The molecule has 2 rings (SSSR count). The summed E-state index contributed by atoms with van der Waals surface area (Å²) in [6.07, 6.45) is 3.85. The Morgan fingerprint density at radius 3 is 2.79 bits per heavy atom. The van der Waals surface area contributed by atoms with Gasteiger partial charge in [-0.1, -0.05) is 20.8 Å².